The fourth-order valence-corrected chi connectivity index (χ4v) is 5.49. The Kier molecular flexibility index (Phi) is 11.0. The van der Waals surface area contributed by atoms with E-state index in [4.69, 9.17) is 4.74 Å². The molecule has 0 radical (unpaired) electrons. The quantitative estimate of drug-likeness (QED) is 0.128. The average molecular weight is 620 g/mol. The number of carbonyl (C=O) groups excluding carboxylic acids is 2. The van der Waals surface area contributed by atoms with Gasteiger partial charge in [0.1, 0.15) is 11.9 Å². The van der Waals surface area contributed by atoms with E-state index in [2.05, 4.69) is 49.1 Å². The molecule has 2 heterocycles. The number of nitrogens with one attached hydrogen (secondary N) is 4. The molecule has 2 atom stereocenters. The summed E-state index contributed by atoms with van der Waals surface area (Å²) in [6.45, 7) is 3.84. The fourth-order valence-electron chi connectivity index (χ4n) is 5.49. The minimum absolute atomic E-state index is 0.231. The smallest absolute Gasteiger partial charge is 0.251 e. The third kappa shape index (κ3) is 8.28. The lowest BCUT2D eigenvalue weighted by Crippen LogP contribution is -2.47. The Morgan fingerprint density at radius 2 is 1.72 bits per heavy atom. The Morgan fingerprint density at radius 3 is 2.50 bits per heavy atom. The zero-order valence-corrected chi connectivity index (χ0v) is 26.5. The number of nitrogens with zero attached hydrogens (tertiary/aromatic N) is 3. The average Bonchev–Trinajstić information content (AvgIpc) is 3.61. The van der Waals surface area contributed by atoms with Gasteiger partial charge in [0.25, 0.3) is 5.91 Å². The van der Waals surface area contributed by atoms with Gasteiger partial charge in [0.05, 0.1) is 19.7 Å². The molecule has 46 heavy (non-hydrogen) atoms. The van der Waals surface area contributed by atoms with Crippen molar-refractivity contribution in [3.05, 3.63) is 120 Å². The van der Waals surface area contributed by atoms with Crippen molar-refractivity contribution in [3.63, 3.8) is 0 Å². The molecule has 0 aliphatic rings. The second-order valence-corrected chi connectivity index (χ2v) is 11.3. The summed E-state index contributed by atoms with van der Waals surface area (Å²) in [5.74, 6) is 1.73. The van der Waals surface area contributed by atoms with Crippen LogP contribution in [0.15, 0.2) is 97.5 Å². The molecule has 10 heteroatoms. The van der Waals surface area contributed by atoms with E-state index in [0.29, 0.717) is 43.8 Å². The molecule has 0 saturated carbocycles. The first kappa shape index (κ1) is 32.2. The van der Waals surface area contributed by atoms with Crippen molar-refractivity contribution in [2.75, 3.05) is 25.6 Å². The number of anilines is 1. The summed E-state index contributed by atoms with van der Waals surface area (Å²) in [6, 6.07) is 24.3. The fraction of sp³-hybridized carbons (Fsp3) is 0.278. The number of hydrogen-bond acceptors (Lipinski definition) is 7. The van der Waals surface area contributed by atoms with Gasteiger partial charge in [0.2, 0.25) is 5.91 Å². The molecular formula is C36H41N7O3. The lowest BCUT2D eigenvalue weighted by atomic mass is 9.99. The van der Waals surface area contributed by atoms with Crippen molar-refractivity contribution >= 4 is 28.4 Å². The highest BCUT2D eigenvalue weighted by Crippen LogP contribution is 2.25. The first-order valence-corrected chi connectivity index (χ1v) is 15.5. The number of ether oxygens (including phenoxy) is 1. The van der Waals surface area contributed by atoms with Crippen molar-refractivity contribution in [2.45, 2.75) is 44.9 Å². The highest BCUT2D eigenvalue weighted by molar-refractivity contribution is 5.97. The van der Waals surface area contributed by atoms with E-state index in [0.717, 1.165) is 33.5 Å². The number of imidazole rings is 1. The number of methoxy groups -OCH3 is 1. The molecule has 2 amide bonds. The van der Waals surface area contributed by atoms with Gasteiger partial charge in [-0.3, -0.25) is 9.59 Å². The number of amides is 2. The van der Waals surface area contributed by atoms with Gasteiger partial charge in [0, 0.05) is 44.3 Å². The van der Waals surface area contributed by atoms with Crippen LogP contribution in [0.4, 0.5) is 5.82 Å². The highest BCUT2D eigenvalue weighted by Gasteiger charge is 2.24. The van der Waals surface area contributed by atoms with E-state index in [1.165, 1.54) is 0 Å². The maximum absolute atomic E-state index is 13.8. The zero-order chi connectivity index (χ0) is 32.3. The van der Waals surface area contributed by atoms with Crippen molar-refractivity contribution in [3.8, 4) is 5.75 Å². The van der Waals surface area contributed by atoms with Gasteiger partial charge < -0.3 is 30.6 Å². The van der Waals surface area contributed by atoms with Gasteiger partial charge in [-0.25, -0.2) is 9.97 Å². The first-order chi connectivity index (χ1) is 22.4. The van der Waals surface area contributed by atoms with E-state index >= 15 is 0 Å². The summed E-state index contributed by atoms with van der Waals surface area (Å²) < 4.78 is 5.46. The molecule has 238 valence electrons. The summed E-state index contributed by atoms with van der Waals surface area (Å²) in [4.78, 5) is 40.9. The second-order valence-electron chi connectivity index (χ2n) is 11.3. The third-order valence-corrected chi connectivity index (χ3v) is 7.98. The summed E-state index contributed by atoms with van der Waals surface area (Å²) in [5.41, 5.74) is 2.55. The number of aromatic amines is 1. The van der Waals surface area contributed by atoms with Crippen LogP contribution >= 0.6 is 0 Å². The molecule has 3 aromatic carbocycles. The Bertz CT molecular complexity index is 1720. The molecule has 1 unspecified atom stereocenters. The third-order valence-electron chi connectivity index (χ3n) is 7.98. The second kappa shape index (κ2) is 15.7. The monoisotopic (exact) mass is 619 g/mol. The summed E-state index contributed by atoms with van der Waals surface area (Å²) in [6.07, 6.45) is 6.31. The summed E-state index contributed by atoms with van der Waals surface area (Å²) >= 11 is 0. The van der Waals surface area contributed by atoms with Crippen LogP contribution in [0.1, 0.15) is 53.1 Å². The molecule has 5 aromatic rings. The van der Waals surface area contributed by atoms with Gasteiger partial charge in [-0.15, -0.1) is 0 Å². The zero-order valence-electron chi connectivity index (χ0n) is 26.5. The Hall–Kier alpha value is -5.22. The van der Waals surface area contributed by atoms with Crippen LogP contribution in [0.3, 0.4) is 0 Å². The van der Waals surface area contributed by atoms with Crippen LogP contribution < -0.4 is 25.6 Å². The lowest BCUT2D eigenvalue weighted by Gasteiger charge is -2.24. The van der Waals surface area contributed by atoms with Crippen LogP contribution in [0, 0.1) is 0 Å². The predicted octanol–water partition coefficient (Wildman–Crippen LogP) is 5.15. The van der Waals surface area contributed by atoms with E-state index in [9.17, 15) is 9.59 Å². The normalized spacial score (nSPS) is 12.3. The van der Waals surface area contributed by atoms with Crippen molar-refractivity contribution in [2.24, 2.45) is 0 Å². The molecule has 5 rings (SSSR count). The Balaban J connectivity index is 1.25. The van der Waals surface area contributed by atoms with Crippen LogP contribution in [-0.4, -0.2) is 53.5 Å². The van der Waals surface area contributed by atoms with Gasteiger partial charge in [-0.2, -0.15) is 0 Å². The molecule has 0 fully saturated rings. The van der Waals surface area contributed by atoms with Crippen LogP contribution in [0.2, 0.25) is 0 Å². The largest absolute Gasteiger partial charge is 0.493 e. The van der Waals surface area contributed by atoms with Crippen LogP contribution in [0.25, 0.3) is 10.8 Å². The Morgan fingerprint density at radius 1 is 0.913 bits per heavy atom. The molecule has 4 N–H and O–H groups in total. The number of carbonyl (C=O) groups is 2. The number of hydrogen-bond donors (Lipinski definition) is 4. The number of pyridine rings is 1. The molecule has 2 aromatic heterocycles. The van der Waals surface area contributed by atoms with Crippen molar-refractivity contribution in [1.82, 2.24) is 30.9 Å². The standard InChI is InChI=1S/C36H41N7O3/c1-25(29-12-6-10-27-9-4-5-11-30(27)29)41-36(45)31(13-8-22-43(2)34-32(46-3)14-7-19-40-34)42-35(44)28-17-15-26(16-18-28)23-37-24-33-38-20-21-39-33/h4-7,9-12,14-21,25,31,37H,8,13,22-24H2,1-3H3,(H,38,39)(H,41,45)(H,42,44)/t25?,31-/m0/s1. The topological polar surface area (TPSA) is 124 Å². The van der Waals surface area contributed by atoms with Crippen LogP contribution in [0.5, 0.6) is 5.75 Å². The Labute approximate surface area is 269 Å². The number of aromatic nitrogens is 3. The maximum Gasteiger partial charge on any atom is 0.251 e. The van der Waals surface area contributed by atoms with E-state index < -0.39 is 6.04 Å². The lowest BCUT2D eigenvalue weighted by molar-refractivity contribution is -0.123. The van der Waals surface area contributed by atoms with Gasteiger partial charge in [-0.05, 0) is 65.9 Å². The van der Waals surface area contributed by atoms with E-state index in [1.54, 1.807) is 37.8 Å². The molecule has 0 aliphatic carbocycles. The highest BCUT2D eigenvalue weighted by atomic mass is 16.5. The predicted molar refractivity (Wildman–Crippen MR) is 181 cm³/mol. The number of H-pyrrole nitrogens is 1. The van der Waals surface area contributed by atoms with Gasteiger partial charge in [-0.1, -0.05) is 54.6 Å². The van der Waals surface area contributed by atoms with Gasteiger partial charge in [0.15, 0.2) is 11.6 Å². The molecule has 0 aliphatic heterocycles. The molecule has 10 nitrogen and oxygen atoms in total. The first-order valence-electron chi connectivity index (χ1n) is 15.5. The van der Waals surface area contributed by atoms with Gasteiger partial charge >= 0.3 is 0 Å². The summed E-state index contributed by atoms with van der Waals surface area (Å²) in [7, 11) is 3.55. The van der Waals surface area contributed by atoms with Crippen molar-refractivity contribution in [1.29, 1.82) is 0 Å². The van der Waals surface area contributed by atoms with Crippen LogP contribution in [-0.2, 0) is 17.9 Å². The maximum atomic E-state index is 13.8. The van der Waals surface area contributed by atoms with E-state index in [1.807, 2.05) is 67.4 Å². The molecule has 0 spiro atoms. The number of benzene rings is 3. The SMILES string of the molecule is COc1cccnc1N(C)CCC[C@H](NC(=O)c1ccc(CNCc2ncc[nH]2)cc1)C(=O)NC(C)c1cccc2ccccc12. The van der Waals surface area contributed by atoms with E-state index in [-0.39, 0.29) is 17.9 Å². The molecule has 0 bridgehead atoms. The summed E-state index contributed by atoms with van der Waals surface area (Å²) in [5, 5.41) is 11.7. The minimum Gasteiger partial charge on any atom is -0.493 e. The number of fused-ring (bicyclic) bond motifs is 1. The number of rotatable bonds is 15. The minimum atomic E-state index is -0.737. The molecule has 0 saturated heterocycles. The molecular weight excluding hydrogens is 578 g/mol. The van der Waals surface area contributed by atoms with Crippen molar-refractivity contribution < 1.29 is 14.3 Å².